The number of carbonyl (C=O) groups is 1. The van der Waals surface area contributed by atoms with Gasteiger partial charge in [-0.05, 0) is 37.1 Å². The molecule has 1 aromatic rings. The molecule has 0 saturated carbocycles. The smallest absolute Gasteiger partial charge is 0.238 e. The molecule has 0 radical (unpaired) electrons. The highest BCUT2D eigenvalue weighted by molar-refractivity contribution is 7.99. The maximum absolute atomic E-state index is 12.1. The Morgan fingerprint density at radius 3 is 2.60 bits per heavy atom. The summed E-state index contributed by atoms with van der Waals surface area (Å²) in [5.74, 6) is 1.79. The van der Waals surface area contributed by atoms with E-state index < -0.39 is 10.0 Å². The summed E-state index contributed by atoms with van der Waals surface area (Å²) >= 11 is 1.51. The predicted molar refractivity (Wildman–Crippen MR) is 102 cm³/mol. The van der Waals surface area contributed by atoms with E-state index in [4.69, 9.17) is 15.6 Å². The summed E-state index contributed by atoms with van der Waals surface area (Å²) in [6.45, 7) is 1.76. The Morgan fingerprint density at radius 2 is 2.00 bits per heavy atom. The van der Waals surface area contributed by atoms with Gasteiger partial charge in [-0.1, -0.05) is 0 Å². The van der Waals surface area contributed by atoms with Crippen LogP contribution in [0.1, 0.15) is 12.8 Å². The number of amides is 1. The number of halogens is 1. The zero-order valence-electron chi connectivity index (χ0n) is 13.8. The molecule has 1 saturated heterocycles. The van der Waals surface area contributed by atoms with Gasteiger partial charge in [-0.15, -0.1) is 24.2 Å². The molecule has 10 heteroatoms. The van der Waals surface area contributed by atoms with E-state index in [0.29, 0.717) is 30.4 Å². The Kier molecular flexibility index (Phi) is 9.01. The number of rotatable bonds is 8. The van der Waals surface area contributed by atoms with E-state index in [9.17, 15) is 13.2 Å². The second-order valence-corrected chi connectivity index (χ2v) is 8.20. The van der Waals surface area contributed by atoms with Crippen molar-refractivity contribution in [1.82, 2.24) is 4.90 Å². The Morgan fingerprint density at radius 1 is 1.32 bits per heavy atom. The van der Waals surface area contributed by atoms with E-state index in [-0.39, 0.29) is 29.3 Å². The lowest BCUT2D eigenvalue weighted by atomic mass is 10.2. The first-order chi connectivity index (χ1) is 11.4. The van der Waals surface area contributed by atoms with Gasteiger partial charge in [0.15, 0.2) is 0 Å². The van der Waals surface area contributed by atoms with Gasteiger partial charge in [-0.25, -0.2) is 13.6 Å². The molecule has 1 unspecified atom stereocenters. The molecule has 7 nitrogen and oxygen atoms in total. The van der Waals surface area contributed by atoms with Gasteiger partial charge >= 0.3 is 0 Å². The van der Waals surface area contributed by atoms with Gasteiger partial charge in [0.25, 0.3) is 0 Å². The molecule has 1 aliphatic rings. The van der Waals surface area contributed by atoms with Crippen LogP contribution in [-0.4, -0.2) is 56.5 Å². The van der Waals surface area contributed by atoms with Crippen molar-refractivity contribution in [2.75, 3.05) is 31.2 Å². The van der Waals surface area contributed by atoms with Crippen LogP contribution in [0, 0.1) is 0 Å². The minimum Gasteiger partial charge on any atom is -0.493 e. The Bertz CT molecular complexity index is 655. The molecule has 0 aromatic heterocycles. The molecule has 1 amide bonds. The molecular weight excluding hydrogens is 386 g/mol. The number of primary sulfonamides is 1. The van der Waals surface area contributed by atoms with Crippen LogP contribution in [0.25, 0.3) is 0 Å². The number of carbonyl (C=O) groups excluding carboxylic acids is 1. The van der Waals surface area contributed by atoms with Crippen LogP contribution in [0.3, 0.4) is 0 Å². The number of ether oxygens (including phenoxy) is 1. The molecule has 0 spiro atoms. The Balaban J connectivity index is 0.00000312. The van der Waals surface area contributed by atoms with E-state index in [1.165, 1.54) is 23.9 Å². The Hall–Kier alpha value is -1.00. The fraction of sp³-hybridized carbons (Fsp3) is 0.533. The quantitative estimate of drug-likeness (QED) is 0.614. The standard InChI is InChI=1S/C15H23N3O4S2.ClH/c16-10-12-2-1-7-18(12)15(19)11-23-9-8-22-13-3-5-14(6-4-13)24(17,20)21;/h3-6,12H,1-2,7-11,16H2,(H2,17,20,21);1H. The maximum Gasteiger partial charge on any atom is 0.238 e. The van der Waals surface area contributed by atoms with Crippen molar-refractivity contribution in [3.8, 4) is 5.75 Å². The largest absolute Gasteiger partial charge is 0.493 e. The van der Waals surface area contributed by atoms with Crippen molar-refractivity contribution in [1.29, 1.82) is 0 Å². The van der Waals surface area contributed by atoms with Crippen LogP contribution < -0.4 is 15.6 Å². The summed E-state index contributed by atoms with van der Waals surface area (Å²) in [5.41, 5.74) is 5.67. The number of hydrogen-bond donors (Lipinski definition) is 2. The highest BCUT2D eigenvalue weighted by atomic mass is 35.5. The molecule has 2 rings (SSSR count). The average Bonchev–Trinajstić information content (AvgIpc) is 3.02. The third kappa shape index (κ3) is 6.67. The third-order valence-electron chi connectivity index (χ3n) is 3.84. The van der Waals surface area contributed by atoms with Crippen molar-refractivity contribution in [3.63, 3.8) is 0 Å². The third-order valence-corrected chi connectivity index (χ3v) is 5.68. The number of thioether (sulfide) groups is 1. The fourth-order valence-electron chi connectivity index (χ4n) is 2.60. The molecule has 1 fully saturated rings. The number of sulfonamides is 1. The minimum absolute atomic E-state index is 0. The van der Waals surface area contributed by atoms with Crippen molar-refractivity contribution < 1.29 is 17.9 Å². The summed E-state index contributed by atoms with van der Waals surface area (Å²) in [4.78, 5) is 14.0. The monoisotopic (exact) mass is 409 g/mol. The molecule has 4 N–H and O–H groups in total. The number of nitrogens with two attached hydrogens (primary N) is 2. The maximum atomic E-state index is 12.1. The van der Waals surface area contributed by atoms with Gasteiger partial charge in [-0.2, -0.15) is 0 Å². The average molecular weight is 410 g/mol. The summed E-state index contributed by atoms with van der Waals surface area (Å²) in [6.07, 6.45) is 2.01. The fourth-order valence-corrected chi connectivity index (χ4v) is 3.80. The van der Waals surface area contributed by atoms with Gasteiger partial charge in [0.1, 0.15) is 5.75 Å². The molecule has 0 aliphatic carbocycles. The number of nitrogens with zero attached hydrogens (tertiary/aromatic N) is 1. The zero-order chi connectivity index (χ0) is 17.6. The number of benzene rings is 1. The highest BCUT2D eigenvalue weighted by Crippen LogP contribution is 2.18. The van der Waals surface area contributed by atoms with E-state index >= 15 is 0 Å². The van der Waals surface area contributed by atoms with Crippen molar-refractivity contribution in [2.45, 2.75) is 23.8 Å². The van der Waals surface area contributed by atoms with Crippen LogP contribution >= 0.6 is 24.2 Å². The van der Waals surface area contributed by atoms with E-state index in [0.717, 1.165) is 19.4 Å². The minimum atomic E-state index is -3.68. The van der Waals surface area contributed by atoms with Crippen molar-refractivity contribution >= 4 is 40.1 Å². The zero-order valence-corrected chi connectivity index (χ0v) is 16.2. The lowest BCUT2D eigenvalue weighted by Gasteiger charge is -2.23. The highest BCUT2D eigenvalue weighted by Gasteiger charge is 2.26. The summed E-state index contributed by atoms with van der Waals surface area (Å²) in [6, 6.07) is 6.12. The predicted octanol–water partition coefficient (Wildman–Crippen LogP) is 0.818. The summed E-state index contributed by atoms with van der Waals surface area (Å²) in [7, 11) is -3.68. The van der Waals surface area contributed by atoms with Gasteiger partial charge in [-0.3, -0.25) is 4.79 Å². The normalized spacial score (nSPS) is 17.2. The second kappa shape index (κ2) is 10.2. The van der Waals surface area contributed by atoms with Gasteiger partial charge in [0, 0.05) is 24.9 Å². The topological polar surface area (TPSA) is 116 Å². The van der Waals surface area contributed by atoms with Crippen molar-refractivity contribution in [3.05, 3.63) is 24.3 Å². The molecule has 25 heavy (non-hydrogen) atoms. The van der Waals surface area contributed by atoms with Crippen LogP contribution in [0.4, 0.5) is 0 Å². The summed E-state index contributed by atoms with van der Waals surface area (Å²) in [5, 5.41) is 5.03. The van der Waals surface area contributed by atoms with Crippen LogP contribution in [0.15, 0.2) is 29.2 Å². The molecule has 1 aromatic carbocycles. The van der Waals surface area contributed by atoms with Crippen LogP contribution in [0.5, 0.6) is 5.75 Å². The second-order valence-electron chi connectivity index (χ2n) is 5.54. The molecule has 1 atom stereocenters. The van der Waals surface area contributed by atoms with E-state index in [1.54, 1.807) is 12.1 Å². The molecule has 142 valence electrons. The van der Waals surface area contributed by atoms with Crippen LogP contribution in [-0.2, 0) is 14.8 Å². The lowest BCUT2D eigenvalue weighted by molar-refractivity contribution is -0.128. The lowest BCUT2D eigenvalue weighted by Crippen LogP contribution is -2.40. The van der Waals surface area contributed by atoms with Gasteiger partial charge in [0.2, 0.25) is 15.9 Å². The molecular formula is C15H24ClN3O4S2. The first kappa shape index (κ1) is 22.0. The molecule has 1 heterocycles. The molecule has 0 bridgehead atoms. The first-order valence-corrected chi connectivity index (χ1v) is 10.4. The SMILES string of the molecule is Cl.NCC1CCCN1C(=O)CSCCOc1ccc(S(N)(=O)=O)cc1. The van der Waals surface area contributed by atoms with E-state index in [1.807, 2.05) is 4.90 Å². The van der Waals surface area contributed by atoms with Crippen molar-refractivity contribution in [2.24, 2.45) is 10.9 Å². The molecule has 1 aliphatic heterocycles. The summed E-state index contributed by atoms with van der Waals surface area (Å²) < 4.78 is 27.8. The van der Waals surface area contributed by atoms with E-state index in [2.05, 4.69) is 0 Å². The number of hydrogen-bond acceptors (Lipinski definition) is 6. The first-order valence-electron chi connectivity index (χ1n) is 7.75. The Labute approximate surface area is 158 Å². The number of likely N-dealkylation sites (tertiary alicyclic amines) is 1. The van der Waals surface area contributed by atoms with Gasteiger partial charge in [0.05, 0.1) is 17.3 Å². The van der Waals surface area contributed by atoms with Crippen LogP contribution in [0.2, 0.25) is 0 Å². The van der Waals surface area contributed by atoms with Gasteiger partial charge < -0.3 is 15.4 Å².